The predicted octanol–water partition coefficient (Wildman–Crippen LogP) is 9.24. The van der Waals surface area contributed by atoms with Crippen molar-refractivity contribution >= 4 is 58.4 Å². The van der Waals surface area contributed by atoms with Crippen molar-refractivity contribution in [2.45, 2.75) is 39.2 Å². The van der Waals surface area contributed by atoms with Gasteiger partial charge in [0.15, 0.2) is 0 Å². The van der Waals surface area contributed by atoms with Crippen LogP contribution in [-0.4, -0.2) is 25.4 Å². The van der Waals surface area contributed by atoms with Crippen LogP contribution in [0.5, 0.6) is 23.0 Å². The van der Waals surface area contributed by atoms with E-state index in [1.165, 1.54) is 47.0 Å². The minimum Gasteiger partial charge on any atom is -0.506 e. The van der Waals surface area contributed by atoms with Crippen LogP contribution in [0.25, 0.3) is 0 Å². The lowest BCUT2D eigenvalue weighted by Gasteiger charge is -2.16. The molecule has 198 valence electrons. The molecule has 0 radical (unpaired) electrons. The number of azo groups is 1. The number of hydrogen-bond donors (Lipinski definition) is 4. The summed E-state index contributed by atoms with van der Waals surface area (Å²) in [5.41, 5.74) is 1.05. The zero-order valence-corrected chi connectivity index (χ0v) is 23.7. The number of nitrogens with zero attached hydrogens (tertiary/aromatic N) is 3. The zero-order valence-electron chi connectivity index (χ0n) is 20.4. The van der Waals surface area contributed by atoms with Crippen LogP contribution in [0.15, 0.2) is 141 Å². The van der Waals surface area contributed by atoms with Crippen molar-refractivity contribution in [2.24, 2.45) is 10.2 Å². The molecule has 0 saturated heterocycles. The molecule has 0 saturated carbocycles. The predicted molar refractivity (Wildman–Crippen MR) is 157 cm³/mol. The normalized spacial score (nSPS) is 12.9. The number of aromatic hydroxyl groups is 4. The molecule has 1 aliphatic rings. The fourth-order valence-corrected chi connectivity index (χ4v) is 7.88. The molecule has 5 aromatic rings. The molecule has 6 rings (SSSR count). The standard InChI is InChI=1S/C29H19N3O4S4/c33-26-18-6-1-7-19(26)38-21-9-3-11-23(28(21)35)40-25-14-17(32-31-16-5-4-12-30-15-16)13-24(29(25)36)39-22-10-2-8-20(37-18)27(22)34/h1-15,33-36H. The number of para-hydroxylation sites is 3. The Morgan fingerprint density at radius 1 is 0.450 bits per heavy atom. The molecule has 0 atom stereocenters. The molecule has 4 N–H and O–H groups in total. The highest BCUT2D eigenvalue weighted by Crippen LogP contribution is 2.53. The Labute approximate surface area is 246 Å². The van der Waals surface area contributed by atoms with Gasteiger partial charge in [0, 0.05) is 6.20 Å². The molecule has 2 heterocycles. The van der Waals surface area contributed by atoms with Gasteiger partial charge in [-0.25, -0.2) is 0 Å². The SMILES string of the molecule is Oc1c2cccc1Sc1cccc(c1O)Sc1cc(N=Nc3cccnc3)cc(c1O)Sc1cccc(c1O)S2. The van der Waals surface area contributed by atoms with Crippen LogP contribution in [0.1, 0.15) is 0 Å². The molecule has 1 aromatic heterocycles. The average molecular weight is 602 g/mol. The summed E-state index contributed by atoms with van der Waals surface area (Å²) in [6, 6.07) is 22.9. The third-order valence-electron chi connectivity index (χ3n) is 5.72. The Morgan fingerprint density at radius 2 is 0.825 bits per heavy atom. The summed E-state index contributed by atoms with van der Waals surface area (Å²) in [6.45, 7) is 0. The van der Waals surface area contributed by atoms with Crippen LogP contribution in [0.4, 0.5) is 11.4 Å². The first kappa shape index (κ1) is 26.5. The molecule has 1 aliphatic heterocycles. The second-order valence-electron chi connectivity index (χ2n) is 8.42. The van der Waals surface area contributed by atoms with Gasteiger partial charge in [0.1, 0.15) is 28.7 Å². The first-order valence-corrected chi connectivity index (χ1v) is 15.1. The molecule has 0 amide bonds. The van der Waals surface area contributed by atoms with Gasteiger partial charge in [-0.2, -0.15) is 5.11 Å². The number of benzene rings is 4. The van der Waals surface area contributed by atoms with E-state index in [1.54, 1.807) is 73.1 Å². The largest absolute Gasteiger partial charge is 0.506 e. The molecule has 11 heteroatoms. The topological polar surface area (TPSA) is 119 Å². The summed E-state index contributed by atoms with van der Waals surface area (Å²) >= 11 is 4.81. The van der Waals surface area contributed by atoms with Crippen molar-refractivity contribution in [1.82, 2.24) is 4.98 Å². The lowest BCUT2D eigenvalue weighted by molar-refractivity contribution is 0.444. The van der Waals surface area contributed by atoms with Crippen molar-refractivity contribution in [3.05, 3.63) is 91.3 Å². The number of phenols is 4. The van der Waals surface area contributed by atoms with Gasteiger partial charge in [-0.3, -0.25) is 4.98 Å². The maximum absolute atomic E-state index is 11.3. The first-order valence-electron chi connectivity index (χ1n) is 11.8. The lowest BCUT2D eigenvalue weighted by Crippen LogP contribution is -1.86. The van der Waals surface area contributed by atoms with Gasteiger partial charge < -0.3 is 20.4 Å². The van der Waals surface area contributed by atoms with Crippen molar-refractivity contribution in [3.63, 3.8) is 0 Å². The maximum Gasteiger partial charge on any atom is 0.143 e. The summed E-state index contributed by atoms with van der Waals surface area (Å²) in [6.07, 6.45) is 3.24. The van der Waals surface area contributed by atoms with Gasteiger partial charge in [0.25, 0.3) is 0 Å². The summed E-state index contributed by atoms with van der Waals surface area (Å²) in [5.74, 6) is 0.105. The summed E-state index contributed by atoms with van der Waals surface area (Å²) < 4.78 is 0. The van der Waals surface area contributed by atoms with E-state index in [9.17, 15) is 20.4 Å². The van der Waals surface area contributed by atoms with Crippen LogP contribution in [-0.2, 0) is 0 Å². The monoisotopic (exact) mass is 601 g/mol. The molecule has 4 aromatic carbocycles. The minimum atomic E-state index is -0.0137. The van der Waals surface area contributed by atoms with Crippen molar-refractivity contribution < 1.29 is 20.4 Å². The number of phenolic OH excluding ortho intramolecular Hbond substituents is 4. The molecule has 0 unspecified atom stereocenters. The molecule has 40 heavy (non-hydrogen) atoms. The Kier molecular flexibility index (Phi) is 7.53. The van der Waals surface area contributed by atoms with Crippen LogP contribution in [0.2, 0.25) is 0 Å². The molecular weight excluding hydrogens is 583 g/mol. The lowest BCUT2D eigenvalue weighted by atomic mass is 10.3. The van der Waals surface area contributed by atoms with Gasteiger partial charge in [-0.15, -0.1) is 5.11 Å². The Balaban J connectivity index is 1.52. The fourth-order valence-electron chi connectivity index (χ4n) is 3.78. The smallest absolute Gasteiger partial charge is 0.143 e. The Bertz CT molecular complexity index is 1670. The maximum atomic E-state index is 11.3. The van der Waals surface area contributed by atoms with E-state index in [0.717, 1.165) is 0 Å². The third kappa shape index (κ3) is 5.46. The van der Waals surface area contributed by atoms with Gasteiger partial charge in [0.05, 0.1) is 51.0 Å². The van der Waals surface area contributed by atoms with Crippen molar-refractivity contribution in [3.8, 4) is 23.0 Å². The Hall–Kier alpha value is -3.77. The second-order valence-corrected chi connectivity index (χ2v) is 12.8. The van der Waals surface area contributed by atoms with E-state index >= 15 is 0 Å². The average Bonchev–Trinajstić information content (AvgIpc) is 2.96. The van der Waals surface area contributed by atoms with Gasteiger partial charge in [0.2, 0.25) is 0 Å². The van der Waals surface area contributed by atoms with Crippen LogP contribution >= 0.6 is 47.0 Å². The van der Waals surface area contributed by atoms with E-state index in [1.807, 2.05) is 18.2 Å². The van der Waals surface area contributed by atoms with Crippen molar-refractivity contribution in [1.29, 1.82) is 0 Å². The Morgan fingerprint density at radius 3 is 1.23 bits per heavy atom. The number of fused-ring (bicyclic) bond motifs is 8. The van der Waals surface area contributed by atoms with Crippen LogP contribution in [0, 0.1) is 0 Å². The number of hydrogen-bond acceptors (Lipinski definition) is 11. The van der Waals surface area contributed by atoms with E-state index < -0.39 is 0 Å². The zero-order chi connectivity index (χ0) is 27.6. The van der Waals surface area contributed by atoms with Crippen LogP contribution in [0.3, 0.4) is 0 Å². The number of rotatable bonds is 2. The van der Waals surface area contributed by atoms with E-state index in [0.29, 0.717) is 50.5 Å². The summed E-state index contributed by atoms with van der Waals surface area (Å²) in [7, 11) is 0. The molecule has 0 fully saturated rings. The first-order chi connectivity index (χ1) is 19.5. The molecule has 0 aliphatic carbocycles. The highest BCUT2D eigenvalue weighted by Gasteiger charge is 2.20. The van der Waals surface area contributed by atoms with E-state index in [-0.39, 0.29) is 23.0 Å². The molecular formula is C29H19N3O4S4. The molecule has 8 bridgehead atoms. The third-order valence-corrected chi connectivity index (χ3v) is 10.1. The number of pyridine rings is 1. The number of aromatic nitrogens is 1. The molecule has 7 nitrogen and oxygen atoms in total. The quantitative estimate of drug-likeness (QED) is 0.144. The van der Waals surface area contributed by atoms with Gasteiger partial charge >= 0.3 is 0 Å². The van der Waals surface area contributed by atoms with Crippen LogP contribution < -0.4 is 0 Å². The fraction of sp³-hybridized carbons (Fsp3) is 0. The van der Waals surface area contributed by atoms with Gasteiger partial charge in [-0.05, 0) is 60.7 Å². The van der Waals surface area contributed by atoms with E-state index in [2.05, 4.69) is 15.2 Å². The molecule has 0 spiro atoms. The second kappa shape index (κ2) is 11.4. The summed E-state index contributed by atoms with van der Waals surface area (Å²) in [4.78, 5) is 8.18. The van der Waals surface area contributed by atoms with Crippen molar-refractivity contribution in [2.75, 3.05) is 0 Å². The minimum absolute atomic E-state index is 0.0137. The highest BCUT2D eigenvalue weighted by atomic mass is 32.2. The highest BCUT2D eigenvalue weighted by molar-refractivity contribution is 8.01. The van der Waals surface area contributed by atoms with E-state index in [4.69, 9.17) is 0 Å². The summed E-state index contributed by atoms with van der Waals surface area (Å²) in [5, 5.41) is 53.3. The van der Waals surface area contributed by atoms with Gasteiger partial charge in [-0.1, -0.05) is 65.2 Å².